The third kappa shape index (κ3) is 5.60. The normalized spacial score (nSPS) is 18.6. The van der Waals surface area contributed by atoms with Gasteiger partial charge in [-0.3, -0.25) is 14.5 Å². The zero-order chi connectivity index (χ0) is 23.3. The van der Waals surface area contributed by atoms with Gasteiger partial charge >= 0.3 is 0 Å². The molecule has 7 nitrogen and oxygen atoms in total. The number of amides is 1. The molecule has 2 aliphatic rings. The number of ketones is 1. The van der Waals surface area contributed by atoms with Gasteiger partial charge in [-0.25, -0.2) is 4.98 Å². The Labute approximate surface area is 195 Å². The van der Waals surface area contributed by atoms with Gasteiger partial charge in [0.25, 0.3) is 5.91 Å². The summed E-state index contributed by atoms with van der Waals surface area (Å²) in [6, 6.07) is 13.6. The van der Waals surface area contributed by atoms with Crippen LogP contribution < -0.4 is 10.6 Å². The predicted molar refractivity (Wildman–Crippen MR) is 128 cm³/mol. The molecule has 7 heteroatoms. The van der Waals surface area contributed by atoms with E-state index in [1.165, 1.54) is 5.56 Å². The molecule has 3 N–H and O–H groups in total. The number of aliphatic hydroxyl groups is 1. The second-order valence-electron chi connectivity index (χ2n) is 9.19. The smallest absolute Gasteiger partial charge is 0.252 e. The van der Waals surface area contributed by atoms with Crippen molar-refractivity contribution >= 4 is 17.5 Å². The van der Waals surface area contributed by atoms with Crippen LogP contribution >= 0.6 is 0 Å². The summed E-state index contributed by atoms with van der Waals surface area (Å²) < 4.78 is 0. The lowest BCUT2D eigenvalue weighted by Crippen LogP contribution is -2.54. The van der Waals surface area contributed by atoms with E-state index in [4.69, 9.17) is 4.98 Å². The lowest BCUT2D eigenvalue weighted by atomic mass is 9.88. The number of fused-ring (bicyclic) bond motifs is 1. The van der Waals surface area contributed by atoms with Crippen LogP contribution in [-0.2, 0) is 22.4 Å². The Hall–Kier alpha value is -2.77. The molecule has 2 aliphatic heterocycles. The largest absolute Gasteiger partial charge is 0.380 e. The number of Topliss-reactive ketones (excluding diaryl/α,β-unsaturated/α-hetero) is 1. The molecule has 1 atom stereocenters. The van der Waals surface area contributed by atoms with Crippen LogP contribution in [0.2, 0.25) is 0 Å². The molecule has 176 valence electrons. The minimum absolute atomic E-state index is 0.0714. The Bertz CT molecular complexity index is 971. The van der Waals surface area contributed by atoms with Gasteiger partial charge in [0.05, 0.1) is 6.04 Å². The molecule has 1 unspecified atom stereocenters. The van der Waals surface area contributed by atoms with E-state index in [9.17, 15) is 14.7 Å². The molecule has 1 aromatic carbocycles. The van der Waals surface area contributed by atoms with Crippen LogP contribution in [0.4, 0.5) is 5.82 Å². The summed E-state index contributed by atoms with van der Waals surface area (Å²) >= 11 is 0. The number of nitrogens with one attached hydrogen (secondary N) is 2. The van der Waals surface area contributed by atoms with Crippen LogP contribution in [0.15, 0.2) is 42.5 Å². The van der Waals surface area contributed by atoms with Crippen molar-refractivity contribution in [1.82, 2.24) is 15.2 Å². The number of likely N-dealkylation sites (tertiary alicyclic amines) is 1. The molecule has 3 heterocycles. The van der Waals surface area contributed by atoms with E-state index in [0.717, 1.165) is 49.3 Å². The third-order valence-electron chi connectivity index (χ3n) is 6.76. The molecule has 0 radical (unpaired) electrons. The number of carbonyl (C=O) groups is 2. The highest BCUT2D eigenvalue weighted by Gasteiger charge is 2.41. The molecule has 4 rings (SSSR count). The summed E-state index contributed by atoms with van der Waals surface area (Å²) in [6.45, 7) is 4.05. The fourth-order valence-electron chi connectivity index (χ4n) is 4.86. The Morgan fingerprint density at radius 3 is 2.67 bits per heavy atom. The fourth-order valence-corrected chi connectivity index (χ4v) is 4.86. The number of carbonyl (C=O) groups excluding carboxylic acids is 2. The van der Waals surface area contributed by atoms with Crippen LogP contribution in [0.25, 0.3) is 0 Å². The Balaban J connectivity index is 1.25. The molecule has 0 aliphatic carbocycles. The Morgan fingerprint density at radius 1 is 1.18 bits per heavy atom. The van der Waals surface area contributed by atoms with E-state index in [-0.39, 0.29) is 17.7 Å². The van der Waals surface area contributed by atoms with Gasteiger partial charge in [0.1, 0.15) is 11.4 Å². The number of rotatable bonds is 8. The quantitative estimate of drug-likeness (QED) is 0.536. The summed E-state index contributed by atoms with van der Waals surface area (Å²) in [5.41, 5.74) is 1.85. The summed E-state index contributed by atoms with van der Waals surface area (Å²) in [5, 5.41) is 17.2. The van der Waals surface area contributed by atoms with Gasteiger partial charge in [0, 0.05) is 31.9 Å². The maximum Gasteiger partial charge on any atom is 0.252 e. The molecule has 33 heavy (non-hydrogen) atoms. The average Bonchev–Trinajstić information content (AvgIpc) is 2.83. The maximum atomic E-state index is 12.7. The van der Waals surface area contributed by atoms with Gasteiger partial charge in [-0.1, -0.05) is 36.4 Å². The molecule has 1 saturated heterocycles. The van der Waals surface area contributed by atoms with Gasteiger partial charge in [0.2, 0.25) is 0 Å². The first-order valence-corrected chi connectivity index (χ1v) is 12.0. The zero-order valence-electron chi connectivity index (χ0n) is 19.3. The number of aryl methyl sites for hydroxylation is 2. The van der Waals surface area contributed by atoms with Crippen LogP contribution in [0.1, 0.15) is 55.5 Å². The first kappa shape index (κ1) is 23.4. The lowest BCUT2D eigenvalue weighted by molar-refractivity contribution is -0.146. The summed E-state index contributed by atoms with van der Waals surface area (Å²) in [7, 11) is 0. The van der Waals surface area contributed by atoms with Gasteiger partial charge in [-0.2, -0.15) is 0 Å². The number of hydrogen-bond acceptors (Lipinski definition) is 6. The van der Waals surface area contributed by atoms with Crippen molar-refractivity contribution < 1.29 is 14.7 Å². The molecular weight excluding hydrogens is 416 g/mol. The van der Waals surface area contributed by atoms with E-state index in [1.807, 2.05) is 30.3 Å². The maximum absolute atomic E-state index is 12.7. The summed E-state index contributed by atoms with van der Waals surface area (Å²) in [5.74, 6) is 0.742. The Morgan fingerprint density at radius 2 is 1.94 bits per heavy atom. The molecule has 1 amide bonds. The second kappa shape index (κ2) is 10.4. The molecular formula is C26H34N4O3. The van der Waals surface area contributed by atoms with Crippen molar-refractivity contribution in [3.05, 3.63) is 59.3 Å². The molecule has 0 bridgehead atoms. The number of aromatic nitrogens is 1. The number of hydrogen-bond donors (Lipinski definition) is 3. The lowest BCUT2D eigenvalue weighted by Gasteiger charge is -2.40. The van der Waals surface area contributed by atoms with Crippen LogP contribution in [-0.4, -0.2) is 58.5 Å². The van der Waals surface area contributed by atoms with Crippen molar-refractivity contribution in [2.24, 2.45) is 0 Å². The second-order valence-corrected chi connectivity index (χ2v) is 9.19. The highest BCUT2D eigenvalue weighted by Crippen LogP contribution is 2.30. The zero-order valence-corrected chi connectivity index (χ0v) is 19.3. The minimum Gasteiger partial charge on any atom is -0.380 e. The number of piperidine rings is 1. The number of pyridine rings is 1. The van der Waals surface area contributed by atoms with Crippen molar-refractivity contribution in [2.45, 2.75) is 57.1 Å². The van der Waals surface area contributed by atoms with Gasteiger partial charge in [-0.15, -0.1) is 0 Å². The van der Waals surface area contributed by atoms with E-state index < -0.39 is 5.60 Å². The molecule has 1 fully saturated rings. The fraction of sp³-hybridized carbons (Fsp3) is 0.500. The van der Waals surface area contributed by atoms with Gasteiger partial charge in [0.15, 0.2) is 5.78 Å². The first-order chi connectivity index (χ1) is 16.0. The SMILES string of the molecule is CC(=O)C(c1ccccc1)N1CCC(O)(C(=O)NCCCc2ccc3c(n2)NCCC3)CC1. The standard InChI is InChI=1S/C26H34N4O3/c1-19(31)23(20-7-3-2-4-8-20)30-17-13-26(33,14-18-30)25(32)28-16-6-10-22-12-11-21-9-5-15-27-24(21)29-22/h2-4,7-8,11-12,23,33H,5-6,9-10,13-18H2,1H3,(H,27,29)(H,28,32). The first-order valence-electron chi connectivity index (χ1n) is 12.0. The van der Waals surface area contributed by atoms with Crippen LogP contribution in [0.3, 0.4) is 0 Å². The molecule has 0 saturated carbocycles. The van der Waals surface area contributed by atoms with Crippen molar-refractivity contribution in [3.8, 4) is 0 Å². The predicted octanol–water partition coefficient (Wildman–Crippen LogP) is 2.65. The van der Waals surface area contributed by atoms with Crippen LogP contribution in [0, 0.1) is 0 Å². The number of benzene rings is 1. The van der Waals surface area contributed by atoms with E-state index >= 15 is 0 Å². The highest BCUT2D eigenvalue weighted by atomic mass is 16.3. The summed E-state index contributed by atoms with van der Waals surface area (Å²) in [6.07, 6.45) is 4.38. The van der Waals surface area contributed by atoms with E-state index in [1.54, 1.807) is 6.92 Å². The minimum atomic E-state index is -1.39. The van der Waals surface area contributed by atoms with E-state index in [0.29, 0.717) is 32.5 Å². The monoisotopic (exact) mass is 450 g/mol. The number of nitrogens with zero attached hydrogens (tertiary/aromatic N) is 2. The highest BCUT2D eigenvalue weighted by molar-refractivity contribution is 5.85. The molecule has 0 spiro atoms. The topological polar surface area (TPSA) is 94.6 Å². The van der Waals surface area contributed by atoms with Crippen molar-refractivity contribution in [2.75, 3.05) is 31.5 Å². The third-order valence-corrected chi connectivity index (χ3v) is 6.76. The van der Waals surface area contributed by atoms with Crippen LogP contribution in [0.5, 0.6) is 0 Å². The average molecular weight is 451 g/mol. The van der Waals surface area contributed by atoms with Gasteiger partial charge in [-0.05, 0) is 62.6 Å². The van der Waals surface area contributed by atoms with Crippen molar-refractivity contribution in [3.63, 3.8) is 0 Å². The molecule has 2 aromatic rings. The van der Waals surface area contributed by atoms with E-state index in [2.05, 4.69) is 27.7 Å². The van der Waals surface area contributed by atoms with Crippen molar-refractivity contribution in [1.29, 1.82) is 0 Å². The van der Waals surface area contributed by atoms with Gasteiger partial charge < -0.3 is 15.7 Å². The molecule has 1 aromatic heterocycles. The number of anilines is 1. The Kier molecular flexibility index (Phi) is 7.40. The summed E-state index contributed by atoms with van der Waals surface area (Å²) in [4.78, 5) is 31.8.